The van der Waals surface area contributed by atoms with Crippen LogP contribution in [0.25, 0.3) is 0 Å². The third-order valence-electron chi connectivity index (χ3n) is 3.50. The predicted molar refractivity (Wildman–Crippen MR) is 88.2 cm³/mol. The summed E-state index contributed by atoms with van der Waals surface area (Å²) in [6.07, 6.45) is 1.41. The minimum atomic E-state index is -1.43. The van der Waals surface area contributed by atoms with Crippen molar-refractivity contribution in [3.63, 3.8) is 0 Å². The number of carboxylic acids is 1. The second-order valence-electron chi connectivity index (χ2n) is 4.95. The van der Waals surface area contributed by atoms with Crippen molar-refractivity contribution in [3.8, 4) is 0 Å². The second-order valence-corrected chi connectivity index (χ2v) is 6.99. The average Bonchev–Trinajstić information content (AvgIpc) is 3.02. The van der Waals surface area contributed by atoms with Gasteiger partial charge in [-0.3, -0.25) is 14.5 Å². The Bertz CT molecular complexity index is 811. The topological polar surface area (TPSA) is 150 Å². The van der Waals surface area contributed by atoms with Crippen LogP contribution in [0.3, 0.4) is 0 Å². The number of nitrogens with zero attached hydrogens (tertiary/aromatic N) is 3. The van der Waals surface area contributed by atoms with Crippen molar-refractivity contribution in [2.24, 2.45) is 5.16 Å². The molecule has 0 radical (unpaired) electrons. The van der Waals surface area contributed by atoms with E-state index in [1.807, 2.05) is 0 Å². The first kappa shape index (κ1) is 20.7. The molecule has 26 heavy (non-hydrogen) atoms. The summed E-state index contributed by atoms with van der Waals surface area (Å²) in [4.78, 5) is 45.5. The number of fused-ring (bicyclic) bond motifs is 1. The Balaban J connectivity index is 0.00000243. The standard InChI is InChI=1S/C13H13N5O5S2.Na/c1-23-17-7(5-4-25-13(14)15-5)9(19)16-8-10(20)18-6(12(21)22)2-3-24-11(8)18;/h2,4,8,11H,3H2,1H3,(H2,14,15)(H,16,19)(H,21,22);/q;+1/p-1. The number of carboxylic acid groups (broad SMARTS) is 1. The molecular formula is C13H12N5NaO5S2. The van der Waals surface area contributed by atoms with Gasteiger partial charge in [0.1, 0.15) is 24.2 Å². The fourth-order valence-corrected chi connectivity index (χ4v) is 4.17. The van der Waals surface area contributed by atoms with Gasteiger partial charge in [-0.1, -0.05) is 5.16 Å². The van der Waals surface area contributed by atoms with Crippen molar-refractivity contribution in [2.45, 2.75) is 11.4 Å². The molecular weight excluding hydrogens is 393 g/mol. The zero-order valence-electron chi connectivity index (χ0n) is 13.8. The molecule has 3 N–H and O–H groups in total. The molecule has 0 aromatic carbocycles. The number of carbonyl (C=O) groups excluding carboxylic acids is 3. The zero-order valence-corrected chi connectivity index (χ0v) is 17.4. The summed E-state index contributed by atoms with van der Waals surface area (Å²) in [5.41, 5.74) is 5.46. The minimum absolute atomic E-state index is 0. The first-order valence-electron chi connectivity index (χ1n) is 6.93. The van der Waals surface area contributed by atoms with E-state index in [4.69, 9.17) is 5.73 Å². The number of nitrogens with two attached hydrogens (primary N) is 1. The smallest absolute Gasteiger partial charge is 0.543 e. The number of thioether (sulfide) groups is 1. The summed E-state index contributed by atoms with van der Waals surface area (Å²) >= 11 is 2.46. The van der Waals surface area contributed by atoms with Gasteiger partial charge in [0.2, 0.25) is 0 Å². The molecule has 1 saturated heterocycles. The maximum absolute atomic E-state index is 12.5. The van der Waals surface area contributed by atoms with E-state index in [1.54, 1.807) is 0 Å². The Morgan fingerprint density at radius 1 is 1.54 bits per heavy atom. The predicted octanol–water partition coefficient (Wildman–Crippen LogP) is -4.89. The summed E-state index contributed by atoms with van der Waals surface area (Å²) < 4.78 is 0. The number of oxime groups is 1. The number of carbonyl (C=O) groups is 3. The molecule has 0 bridgehead atoms. The van der Waals surface area contributed by atoms with E-state index >= 15 is 0 Å². The van der Waals surface area contributed by atoms with Crippen LogP contribution < -0.4 is 45.7 Å². The summed E-state index contributed by atoms with van der Waals surface area (Å²) in [6, 6.07) is -0.876. The number of hydrogen-bond acceptors (Lipinski definition) is 10. The van der Waals surface area contributed by atoms with E-state index in [9.17, 15) is 19.5 Å². The molecule has 1 fully saturated rings. The molecule has 2 aliphatic heterocycles. The van der Waals surface area contributed by atoms with E-state index in [2.05, 4.69) is 20.3 Å². The monoisotopic (exact) mass is 405 g/mol. The Labute approximate surface area is 178 Å². The van der Waals surface area contributed by atoms with Gasteiger partial charge in [-0.2, -0.15) is 0 Å². The summed E-state index contributed by atoms with van der Waals surface area (Å²) in [6.45, 7) is 0. The summed E-state index contributed by atoms with van der Waals surface area (Å²) in [5, 5.41) is 18.5. The van der Waals surface area contributed by atoms with Gasteiger partial charge in [0.25, 0.3) is 11.8 Å². The van der Waals surface area contributed by atoms with Crippen LogP contribution in [0, 0.1) is 0 Å². The fourth-order valence-electron chi connectivity index (χ4n) is 2.43. The SMILES string of the molecule is CON=C(C(=O)NC1C(=O)N2C(C(=O)[O-])=CCSC12)c1csc(N)n1.[Na+]. The first-order chi connectivity index (χ1) is 11.9. The number of aromatic nitrogens is 1. The van der Waals surface area contributed by atoms with Crippen LogP contribution in [0.1, 0.15) is 5.69 Å². The van der Waals surface area contributed by atoms with Crippen molar-refractivity contribution in [1.82, 2.24) is 15.2 Å². The Morgan fingerprint density at radius 3 is 2.85 bits per heavy atom. The molecule has 132 valence electrons. The molecule has 2 unspecified atom stereocenters. The van der Waals surface area contributed by atoms with Gasteiger partial charge in [0, 0.05) is 11.1 Å². The summed E-state index contributed by atoms with van der Waals surface area (Å²) in [7, 11) is 1.27. The van der Waals surface area contributed by atoms with Crippen LogP contribution in [0.2, 0.25) is 0 Å². The third-order valence-corrected chi connectivity index (χ3v) is 5.36. The number of nitrogens with one attached hydrogen (secondary N) is 1. The van der Waals surface area contributed by atoms with Gasteiger partial charge in [-0.25, -0.2) is 4.98 Å². The molecule has 2 atom stereocenters. The molecule has 3 heterocycles. The van der Waals surface area contributed by atoms with E-state index in [-0.39, 0.29) is 51.8 Å². The average molecular weight is 405 g/mol. The molecule has 2 aliphatic rings. The van der Waals surface area contributed by atoms with Crippen molar-refractivity contribution >= 4 is 51.7 Å². The number of thiazole rings is 1. The number of amides is 2. The maximum atomic E-state index is 12.5. The second kappa shape index (κ2) is 8.39. The van der Waals surface area contributed by atoms with Gasteiger partial charge < -0.3 is 25.8 Å². The van der Waals surface area contributed by atoms with Crippen molar-refractivity contribution in [3.05, 3.63) is 22.8 Å². The van der Waals surface area contributed by atoms with Gasteiger partial charge in [-0.05, 0) is 6.08 Å². The van der Waals surface area contributed by atoms with Gasteiger partial charge in [0.05, 0.1) is 11.7 Å². The molecule has 3 rings (SSSR count). The fraction of sp³-hybridized carbons (Fsp3) is 0.308. The van der Waals surface area contributed by atoms with Gasteiger partial charge in [0.15, 0.2) is 10.8 Å². The van der Waals surface area contributed by atoms with E-state index in [0.29, 0.717) is 5.75 Å². The van der Waals surface area contributed by atoms with E-state index in [0.717, 1.165) is 16.2 Å². The van der Waals surface area contributed by atoms with E-state index < -0.39 is 29.2 Å². The quantitative estimate of drug-likeness (QED) is 0.214. The van der Waals surface area contributed by atoms with Crippen LogP contribution in [0.15, 0.2) is 22.3 Å². The molecule has 10 nitrogen and oxygen atoms in total. The molecule has 0 saturated carbocycles. The van der Waals surface area contributed by atoms with Crippen LogP contribution in [-0.4, -0.2) is 57.7 Å². The van der Waals surface area contributed by atoms with Gasteiger partial charge >= 0.3 is 29.6 Å². The number of β-lactam (4-membered cyclic amide) rings is 1. The first-order valence-corrected chi connectivity index (χ1v) is 8.86. The van der Waals surface area contributed by atoms with Crippen molar-refractivity contribution in [1.29, 1.82) is 0 Å². The molecule has 2 amide bonds. The Hall–Kier alpha value is -1.60. The Morgan fingerprint density at radius 2 is 2.27 bits per heavy atom. The van der Waals surface area contributed by atoms with Crippen molar-refractivity contribution in [2.75, 3.05) is 18.6 Å². The molecule has 0 spiro atoms. The normalized spacial score (nSPS) is 21.7. The number of nitrogen functional groups attached to an aromatic ring is 1. The molecule has 13 heteroatoms. The Kier molecular flexibility index (Phi) is 6.69. The number of aliphatic carboxylic acids is 1. The third kappa shape index (κ3) is 3.74. The maximum Gasteiger partial charge on any atom is 1.00 e. The molecule has 1 aromatic heterocycles. The van der Waals surface area contributed by atoms with Crippen LogP contribution in [-0.2, 0) is 19.2 Å². The molecule has 1 aromatic rings. The number of hydrogen-bond donors (Lipinski definition) is 2. The van der Waals surface area contributed by atoms with Crippen molar-refractivity contribution < 1.29 is 53.9 Å². The minimum Gasteiger partial charge on any atom is -0.543 e. The van der Waals surface area contributed by atoms with Crippen LogP contribution >= 0.6 is 23.1 Å². The summed E-state index contributed by atoms with van der Waals surface area (Å²) in [5.74, 6) is -2.24. The molecule has 0 aliphatic carbocycles. The van der Waals surface area contributed by atoms with Crippen LogP contribution in [0.5, 0.6) is 0 Å². The van der Waals surface area contributed by atoms with Gasteiger partial charge in [-0.15, -0.1) is 23.1 Å². The number of rotatable bonds is 5. The van der Waals surface area contributed by atoms with E-state index in [1.165, 1.54) is 30.3 Å². The zero-order chi connectivity index (χ0) is 18.1. The number of anilines is 1. The van der Waals surface area contributed by atoms with Crippen LogP contribution in [0.4, 0.5) is 5.13 Å². The largest absolute Gasteiger partial charge is 1.00 e.